The normalized spacial score (nSPS) is 14.6. The summed E-state index contributed by atoms with van der Waals surface area (Å²) < 4.78 is 28.2. The highest BCUT2D eigenvalue weighted by molar-refractivity contribution is 7.92. The van der Waals surface area contributed by atoms with E-state index >= 15 is 0 Å². The second-order valence-electron chi connectivity index (χ2n) is 6.04. The number of anilines is 1. The van der Waals surface area contributed by atoms with E-state index in [2.05, 4.69) is 10.8 Å². The number of allylic oxidation sites excluding steroid dienone is 2. The lowest BCUT2D eigenvalue weighted by Gasteiger charge is -2.16. The molecule has 0 unspecified atom stereocenters. The molecule has 2 aromatic carbocycles. The van der Waals surface area contributed by atoms with Crippen LogP contribution in [0, 0.1) is 13.8 Å². The van der Waals surface area contributed by atoms with Crippen molar-refractivity contribution >= 4 is 21.3 Å². The Kier molecular flexibility index (Phi) is 4.26. The van der Waals surface area contributed by atoms with E-state index in [1.807, 2.05) is 44.2 Å². The highest BCUT2D eigenvalue weighted by atomic mass is 32.2. The largest absolute Gasteiger partial charge is 0.279 e. The van der Waals surface area contributed by atoms with Crippen LogP contribution in [0.5, 0.6) is 0 Å². The molecule has 1 aliphatic carbocycles. The minimum absolute atomic E-state index is 0.290. The van der Waals surface area contributed by atoms with E-state index in [0.717, 1.165) is 36.0 Å². The van der Waals surface area contributed by atoms with Gasteiger partial charge in [0.25, 0.3) is 10.0 Å². The number of rotatable bonds is 4. The van der Waals surface area contributed by atoms with Gasteiger partial charge in [0.05, 0.1) is 10.6 Å². The highest BCUT2D eigenvalue weighted by Gasteiger charge is 2.19. The van der Waals surface area contributed by atoms with Crippen LogP contribution in [0.1, 0.15) is 36.0 Å². The monoisotopic (exact) mass is 327 g/mol. The third-order valence-corrected chi connectivity index (χ3v) is 5.59. The lowest BCUT2D eigenvalue weighted by atomic mass is 10.0. The van der Waals surface area contributed by atoms with Crippen molar-refractivity contribution in [1.82, 2.24) is 0 Å². The van der Waals surface area contributed by atoms with Gasteiger partial charge >= 0.3 is 0 Å². The quantitative estimate of drug-likeness (QED) is 0.887. The highest BCUT2D eigenvalue weighted by Crippen LogP contribution is 2.35. The van der Waals surface area contributed by atoms with E-state index in [9.17, 15) is 8.42 Å². The van der Waals surface area contributed by atoms with E-state index in [-0.39, 0.29) is 4.90 Å². The Balaban J connectivity index is 2.01. The van der Waals surface area contributed by atoms with E-state index in [4.69, 9.17) is 0 Å². The summed E-state index contributed by atoms with van der Waals surface area (Å²) in [6.07, 6.45) is 5.40. The van der Waals surface area contributed by atoms with Gasteiger partial charge in [-0.05, 0) is 56.4 Å². The first-order valence-electron chi connectivity index (χ1n) is 7.86. The molecule has 3 rings (SSSR count). The maximum atomic E-state index is 12.7. The number of nitrogens with one attached hydrogen (secondary N) is 1. The Hall–Kier alpha value is -2.07. The van der Waals surface area contributed by atoms with Crippen molar-refractivity contribution in [2.24, 2.45) is 0 Å². The Morgan fingerprint density at radius 3 is 2.39 bits per heavy atom. The van der Waals surface area contributed by atoms with Crippen LogP contribution in [0.4, 0.5) is 5.69 Å². The van der Waals surface area contributed by atoms with Crippen molar-refractivity contribution in [2.75, 3.05) is 4.72 Å². The van der Waals surface area contributed by atoms with Crippen molar-refractivity contribution in [3.05, 3.63) is 65.2 Å². The fourth-order valence-corrected chi connectivity index (χ4v) is 4.05. The smallest absolute Gasteiger partial charge is 0.261 e. The molecule has 1 aliphatic rings. The fraction of sp³-hybridized carbons (Fsp3) is 0.263. The minimum Gasteiger partial charge on any atom is -0.279 e. The number of sulfonamides is 1. The average molecular weight is 327 g/mol. The molecule has 0 spiro atoms. The van der Waals surface area contributed by atoms with Gasteiger partial charge in [-0.15, -0.1) is 0 Å². The zero-order chi connectivity index (χ0) is 16.4. The van der Waals surface area contributed by atoms with Crippen LogP contribution >= 0.6 is 0 Å². The maximum Gasteiger partial charge on any atom is 0.261 e. The van der Waals surface area contributed by atoms with Gasteiger partial charge in [0.1, 0.15) is 0 Å². The Morgan fingerprint density at radius 1 is 1.00 bits per heavy atom. The van der Waals surface area contributed by atoms with Crippen LogP contribution in [0.15, 0.2) is 53.4 Å². The lowest BCUT2D eigenvalue weighted by Crippen LogP contribution is -2.15. The van der Waals surface area contributed by atoms with Gasteiger partial charge in [-0.25, -0.2) is 8.42 Å². The minimum atomic E-state index is -3.58. The van der Waals surface area contributed by atoms with Gasteiger partial charge < -0.3 is 0 Å². The summed E-state index contributed by atoms with van der Waals surface area (Å²) in [4.78, 5) is 0.290. The molecule has 0 atom stereocenters. The van der Waals surface area contributed by atoms with E-state index in [1.165, 1.54) is 5.57 Å². The van der Waals surface area contributed by atoms with Crippen LogP contribution < -0.4 is 4.72 Å². The molecule has 3 nitrogen and oxygen atoms in total. The molecule has 0 aromatic heterocycles. The topological polar surface area (TPSA) is 46.2 Å². The summed E-state index contributed by atoms with van der Waals surface area (Å²) in [5.41, 5.74) is 4.90. The predicted molar refractivity (Wildman–Crippen MR) is 95.0 cm³/mol. The van der Waals surface area contributed by atoms with Crippen molar-refractivity contribution in [3.8, 4) is 0 Å². The zero-order valence-corrected chi connectivity index (χ0v) is 14.3. The maximum absolute atomic E-state index is 12.7. The van der Waals surface area contributed by atoms with E-state index in [0.29, 0.717) is 5.69 Å². The molecule has 0 heterocycles. The molecule has 23 heavy (non-hydrogen) atoms. The molecule has 0 aliphatic heterocycles. The zero-order valence-electron chi connectivity index (χ0n) is 13.5. The summed E-state index contributed by atoms with van der Waals surface area (Å²) >= 11 is 0. The van der Waals surface area contributed by atoms with Crippen molar-refractivity contribution < 1.29 is 8.42 Å². The van der Waals surface area contributed by atoms with Gasteiger partial charge in [-0.3, -0.25) is 4.72 Å². The van der Waals surface area contributed by atoms with Gasteiger partial charge in [-0.1, -0.05) is 42.0 Å². The van der Waals surface area contributed by atoms with Crippen LogP contribution in [-0.2, 0) is 10.0 Å². The Labute approximate surface area is 138 Å². The first-order chi connectivity index (χ1) is 11.0. The second-order valence-corrected chi connectivity index (χ2v) is 7.72. The third kappa shape index (κ3) is 3.32. The molecular weight excluding hydrogens is 306 g/mol. The molecule has 2 aromatic rings. The van der Waals surface area contributed by atoms with E-state index < -0.39 is 10.0 Å². The lowest BCUT2D eigenvalue weighted by molar-refractivity contribution is 0.601. The van der Waals surface area contributed by atoms with Gasteiger partial charge in [0.15, 0.2) is 0 Å². The second kappa shape index (κ2) is 6.20. The first-order valence-corrected chi connectivity index (χ1v) is 9.34. The van der Waals surface area contributed by atoms with Gasteiger partial charge in [0.2, 0.25) is 0 Å². The molecule has 0 bridgehead atoms. The van der Waals surface area contributed by atoms with Crippen LogP contribution in [-0.4, -0.2) is 8.42 Å². The van der Waals surface area contributed by atoms with Gasteiger partial charge in [0, 0.05) is 5.56 Å². The SMILES string of the molecule is Cc1ccc(S(=O)(=O)Nc2c(C)cccc2C2=CCCC2)cc1. The standard InChI is InChI=1S/C19H21NO2S/c1-14-10-12-17(13-11-14)23(21,22)20-19-15(2)6-5-9-18(19)16-7-3-4-8-16/h5-7,9-13,20H,3-4,8H2,1-2H3. The third-order valence-electron chi connectivity index (χ3n) is 4.23. The summed E-state index contributed by atoms with van der Waals surface area (Å²) in [7, 11) is -3.58. The van der Waals surface area contributed by atoms with Crippen molar-refractivity contribution in [2.45, 2.75) is 38.0 Å². The predicted octanol–water partition coefficient (Wildman–Crippen LogP) is 4.67. The van der Waals surface area contributed by atoms with Crippen LogP contribution in [0.2, 0.25) is 0 Å². The molecule has 0 saturated carbocycles. The Morgan fingerprint density at radius 2 is 1.74 bits per heavy atom. The number of hydrogen-bond acceptors (Lipinski definition) is 2. The van der Waals surface area contributed by atoms with Crippen molar-refractivity contribution in [1.29, 1.82) is 0 Å². The summed E-state index contributed by atoms with van der Waals surface area (Å²) in [6, 6.07) is 12.8. The van der Waals surface area contributed by atoms with Gasteiger partial charge in [-0.2, -0.15) is 0 Å². The molecule has 4 heteroatoms. The molecule has 1 N–H and O–H groups in total. The summed E-state index contributed by atoms with van der Waals surface area (Å²) in [5.74, 6) is 0. The molecule has 120 valence electrons. The fourth-order valence-electron chi connectivity index (χ4n) is 2.90. The number of para-hydroxylation sites is 1. The Bertz CT molecular complexity index is 849. The molecular formula is C19H21NO2S. The van der Waals surface area contributed by atoms with E-state index in [1.54, 1.807) is 12.1 Å². The molecule has 0 radical (unpaired) electrons. The van der Waals surface area contributed by atoms with Crippen molar-refractivity contribution in [3.63, 3.8) is 0 Å². The molecule has 0 amide bonds. The first kappa shape index (κ1) is 15.8. The number of aryl methyl sites for hydroxylation is 2. The van der Waals surface area contributed by atoms with Crippen LogP contribution in [0.25, 0.3) is 5.57 Å². The average Bonchev–Trinajstić information content (AvgIpc) is 3.04. The molecule has 0 fully saturated rings. The summed E-state index contributed by atoms with van der Waals surface area (Å²) in [6.45, 7) is 3.88. The summed E-state index contributed by atoms with van der Waals surface area (Å²) in [5, 5.41) is 0. The number of benzene rings is 2. The molecule has 0 saturated heterocycles. The number of hydrogen-bond donors (Lipinski definition) is 1. The van der Waals surface area contributed by atoms with Crippen LogP contribution in [0.3, 0.4) is 0 Å².